The molecule has 0 radical (unpaired) electrons. The fraction of sp³-hybridized carbons (Fsp3) is 1.00. The van der Waals surface area contributed by atoms with Gasteiger partial charge in [-0.2, -0.15) is 0 Å². The lowest BCUT2D eigenvalue weighted by atomic mass is 9.84. The number of rotatable bonds is 11. The Morgan fingerprint density at radius 1 is 1.20 bits per heavy atom. The summed E-state index contributed by atoms with van der Waals surface area (Å²) in [6, 6.07) is 0.928. The largest absolute Gasteiger partial charge is 0.316 e. The van der Waals surface area contributed by atoms with Crippen LogP contribution in [0.3, 0.4) is 0 Å². The average Bonchev–Trinajstić information content (AvgIpc) is 3.22. The van der Waals surface area contributed by atoms with Crippen molar-refractivity contribution < 1.29 is 0 Å². The quantitative estimate of drug-likeness (QED) is 0.617. The molecule has 2 aliphatic rings. The second-order valence-electron chi connectivity index (χ2n) is 8.19. The van der Waals surface area contributed by atoms with Gasteiger partial charge in [0.2, 0.25) is 0 Å². The molecule has 0 saturated heterocycles. The third-order valence-electron chi connectivity index (χ3n) is 4.80. The Hall–Kier alpha value is -0.0800. The molecule has 0 aromatic carbocycles. The van der Waals surface area contributed by atoms with Gasteiger partial charge in [0.25, 0.3) is 0 Å². The van der Waals surface area contributed by atoms with E-state index in [1.54, 1.807) is 0 Å². The van der Waals surface area contributed by atoms with Crippen molar-refractivity contribution >= 4 is 0 Å². The molecule has 1 atom stereocenters. The van der Waals surface area contributed by atoms with Crippen molar-refractivity contribution in [2.45, 2.75) is 72.3 Å². The normalized spacial score (nSPS) is 22.5. The van der Waals surface area contributed by atoms with Gasteiger partial charge in [-0.15, -0.1) is 0 Å². The van der Waals surface area contributed by atoms with E-state index in [0.717, 1.165) is 24.4 Å². The molecule has 2 saturated carbocycles. The van der Waals surface area contributed by atoms with E-state index in [-0.39, 0.29) is 0 Å². The summed E-state index contributed by atoms with van der Waals surface area (Å²) in [6.07, 6.45) is 8.54. The summed E-state index contributed by atoms with van der Waals surface area (Å²) < 4.78 is 0. The SMILES string of the molecule is CCCC(C)(CNCC(C)C)CN(CC1CC1)C1CC1. The first-order valence-corrected chi connectivity index (χ1v) is 8.97. The van der Waals surface area contributed by atoms with Gasteiger partial charge in [0, 0.05) is 25.7 Å². The van der Waals surface area contributed by atoms with Gasteiger partial charge >= 0.3 is 0 Å². The van der Waals surface area contributed by atoms with Crippen LogP contribution in [-0.2, 0) is 0 Å². The van der Waals surface area contributed by atoms with E-state index in [2.05, 4.69) is 37.9 Å². The standard InChI is InChI=1S/C18H36N2/c1-5-10-18(4,13-19-11-15(2)3)14-20(17-8-9-17)12-16-6-7-16/h15-17,19H,5-14H2,1-4H3. The van der Waals surface area contributed by atoms with E-state index in [1.165, 1.54) is 58.2 Å². The van der Waals surface area contributed by atoms with Crippen LogP contribution in [0.4, 0.5) is 0 Å². The minimum absolute atomic E-state index is 0.459. The number of nitrogens with one attached hydrogen (secondary N) is 1. The molecule has 0 aliphatic heterocycles. The van der Waals surface area contributed by atoms with Crippen LogP contribution in [0.1, 0.15) is 66.2 Å². The highest BCUT2D eigenvalue weighted by Crippen LogP contribution is 2.37. The van der Waals surface area contributed by atoms with Crippen molar-refractivity contribution in [1.82, 2.24) is 10.2 Å². The summed E-state index contributed by atoms with van der Waals surface area (Å²) in [4.78, 5) is 2.84. The Morgan fingerprint density at radius 3 is 2.40 bits per heavy atom. The van der Waals surface area contributed by atoms with Crippen LogP contribution in [0.5, 0.6) is 0 Å². The van der Waals surface area contributed by atoms with Gasteiger partial charge in [-0.25, -0.2) is 0 Å². The van der Waals surface area contributed by atoms with Gasteiger partial charge in [-0.05, 0) is 55.9 Å². The zero-order valence-corrected chi connectivity index (χ0v) is 14.3. The first-order valence-electron chi connectivity index (χ1n) is 8.97. The van der Waals surface area contributed by atoms with E-state index in [1.807, 2.05) is 0 Å². The van der Waals surface area contributed by atoms with Gasteiger partial charge in [0.1, 0.15) is 0 Å². The topological polar surface area (TPSA) is 15.3 Å². The first kappa shape index (κ1) is 16.3. The smallest absolute Gasteiger partial charge is 0.00967 e. The average molecular weight is 280 g/mol. The van der Waals surface area contributed by atoms with Gasteiger partial charge in [-0.3, -0.25) is 4.90 Å². The van der Waals surface area contributed by atoms with E-state index in [4.69, 9.17) is 0 Å². The van der Waals surface area contributed by atoms with Gasteiger partial charge < -0.3 is 5.32 Å². The summed E-state index contributed by atoms with van der Waals surface area (Å²) in [7, 11) is 0. The molecule has 2 nitrogen and oxygen atoms in total. The molecule has 2 aliphatic carbocycles. The molecule has 0 aromatic heterocycles. The van der Waals surface area contributed by atoms with E-state index in [0.29, 0.717) is 5.41 Å². The molecule has 2 rings (SSSR count). The maximum Gasteiger partial charge on any atom is 0.00967 e. The summed E-state index contributed by atoms with van der Waals surface area (Å²) in [5.41, 5.74) is 0.459. The Balaban J connectivity index is 1.83. The molecule has 118 valence electrons. The number of hydrogen-bond donors (Lipinski definition) is 1. The molecule has 2 heteroatoms. The van der Waals surface area contributed by atoms with Crippen molar-refractivity contribution in [2.24, 2.45) is 17.3 Å². The fourth-order valence-corrected chi connectivity index (χ4v) is 3.39. The molecule has 0 aromatic rings. The molecule has 0 amide bonds. The molecular formula is C18H36N2. The van der Waals surface area contributed by atoms with Crippen LogP contribution >= 0.6 is 0 Å². The molecule has 0 spiro atoms. The van der Waals surface area contributed by atoms with Crippen molar-refractivity contribution in [3.63, 3.8) is 0 Å². The predicted octanol–water partition coefficient (Wildman–Crippen LogP) is 3.91. The fourth-order valence-electron chi connectivity index (χ4n) is 3.39. The first-order chi connectivity index (χ1) is 9.52. The van der Waals surface area contributed by atoms with Crippen molar-refractivity contribution in [1.29, 1.82) is 0 Å². The van der Waals surface area contributed by atoms with Crippen LogP contribution in [0, 0.1) is 17.3 Å². The summed E-state index contributed by atoms with van der Waals surface area (Å²) in [5, 5.41) is 3.72. The summed E-state index contributed by atoms with van der Waals surface area (Å²) >= 11 is 0. The maximum absolute atomic E-state index is 3.72. The Kier molecular flexibility index (Phi) is 5.92. The third-order valence-corrected chi connectivity index (χ3v) is 4.80. The molecule has 2 fully saturated rings. The van der Waals surface area contributed by atoms with Crippen molar-refractivity contribution in [3.8, 4) is 0 Å². The zero-order chi connectivity index (χ0) is 14.6. The van der Waals surface area contributed by atoms with Crippen LogP contribution < -0.4 is 5.32 Å². The maximum atomic E-state index is 3.72. The molecule has 1 N–H and O–H groups in total. The lowest BCUT2D eigenvalue weighted by Gasteiger charge is -2.36. The molecule has 0 bridgehead atoms. The monoisotopic (exact) mass is 280 g/mol. The molecule has 0 heterocycles. The van der Waals surface area contributed by atoms with Crippen LogP contribution in [0.2, 0.25) is 0 Å². The lowest BCUT2D eigenvalue weighted by molar-refractivity contribution is 0.137. The number of nitrogens with zero attached hydrogens (tertiary/aromatic N) is 1. The van der Waals surface area contributed by atoms with E-state index in [9.17, 15) is 0 Å². The van der Waals surface area contributed by atoms with Crippen molar-refractivity contribution in [2.75, 3.05) is 26.2 Å². The highest BCUT2D eigenvalue weighted by atomic mass is 15.2. The van der Waals surface area contributed by atoms with Gasteiger partial charge in [0.15, 0.2) is 0 Å². The van der Waals surface area contributed by atoms with E-state index < -0.39 is 0 Å². The third kappa shape index (κ3) is 5.73. The highest BCUT2D eigenvalue weighted by molar-refractivity contribution is 4.92. The summed E-state index contributed by atoms with van der Waals surface area (Å²) in [6.45, 7) is 14.5. The van der Waals surface area contributed by atoms with Crippen molar-refractivity contribution in [3.05, 3.63) is 0 Å². The molecule has 20 heavy (non-hydrogen) atoms. The minimum atomic E-state index is 0.459. The summed E-state index contributed by atoms with van der Waals surface area (Å²) in [5.74, 6) is 1.79. The lowest BCUT2D eigenvalue weighted by Crippen LogP contribution is -2.44. The second-order valence-corrected chi connectivity index (χ2v) is 8.19. The highest BCUT2D eigenvalue weighted by Gasteiger charge is 2.37. The van der Waals surface area contributed by atoms with Gasteiger partial charge in [-0.1, -0.05) is 34.1 Å². The Morgan fingerprint density at radius 2 is 1.90 bits per heavy atom. The van der Waals surface area contributed by atoms with Crippen LogP contribution in [-0.4, -0.2) is 37.1 Å². The van der Waals surface area contributed by atoms with Crippen LogP contribution in [0.25, 0.3) is 0 Å². The van der Waals surface area contributed by atoms with Gasteiger partial charge in [0.05, 0.1) is 0 Å². The number of hydrogen-bond acceptors (Lipinski definition) is 2. The predicted molar refractivity (Wildman–Crippen MR) is 88.0 cm³/mol. The van der Waals surface area contributed by atoms with Crippen LogP contribution in [0.15, 0.2) is 0 Å². The molecule has 1 unspecified atom stereocenters. The van der Waals surface area contributed by atoms with E-state index >= 15 is 0 Å². The Labute approximate surface area is 126 Å². The Bertz CT molecular complexity index is 281. The zero-order valence-electron chi connectivity index (χ0n) is 14.3. The second kappa shape index (κ2) is 7.26. The molecular weight excluding hydrogens is 244 g/mol. The minimum Gasteiger partial charge on any atom is -0.316 e.